The summed E-state index contributed by atoms with van der Waals surface area (Å²) >= 11 is -2.93. The average molecular weight is 388 g/mol. The number of benzene rings is 2. The fourth-order valence-corrected chi connectivity index (χ4v) is 13.6. The molecule has 0 saturated carbocycles. The van der Waals surface area contributed by atoms with Crippen molar-refractivity contribution in [2.75, 3.05) is 0 Å². The van der Waals surface area contributed by atoms with E-state index in [1.807, 2.05) is 0 Å². The Morgan fingerprint density at radius 1 is 0.556 bits per heavy atom. The van der Waals surface area contributed by atoms with Crippen LogP contribution in [0.1, 0.15) is 37.8 Å². The van der Waals surface area contributed by atoms with E-state index in [4.69, 9.17) is 0 Å². The van der Waals surface area contributed by atoms with E-state index >= 15 is 0 Å². The molecule has 0 atom stereocenters. The molecule has 0 aromatic heterocycles. The first-order valence-corrected chi connectivity index (χ1v) is 13.0. The summed E-state index contributed by atoms with van der Waals surface area (Å²) in [5.74, 6) is 0. The van der Waals surface area contributed by atoms with Crippen LogP contribution in [0, 0.1) is 13.8 Å². The minimum atomic E-state index is -2.93. The quantitative estimate of drug-likeness (QED) is 0.574. The zero-order valence-corrected chi connectivity index (χ0v) is 18.4. The fourth-order valence-electron chi connectivity index (χ4n) is 4.78. The van der Waals surface area contributed by atoms with Crippen molar-refractivity contribution in [3.8, 4) is 0 Å². The monoisotopic (exact) mass is 388 g/mol. The van der Waals surface area contributed by atoms with Gasteiger partial charge in [-0.1, -0.05) is 0 Å². The van der Waals surface area contributed by atoms with Gasteiger partial charge in [0.25, 0.3) is 0 Å². The van der Waals surface area contributed by atoms with Crippen LogP contribution in [0.3, 0.4) is 0 Å². The first kappa shape index (κ1) is 18.5. The molecule has 2 aliphatic rings. The minimum absolute atomic E-state index is 1.10. The van der Waals surface area contributed by atoms with Crippen LogP contribution in [0.4, 0.5) is 0 Å². The van der Waals surface area contributed by atoms with Gasteiger partial charge in [-0.25, -0.2) is 0 Å². The van der Waals surface area contributed by atoms with E-state index in [2.05, 4.69) is 101 Å². The molecule has 0 heterocycles. The van der Waals surface area contributed by atoms with Gasteiger partial charge in [-0.15, -0.1) is 0 Å². The second-order valence-corrected chi connectivity index (χ2v) is 14.0. The van der Waals surface area contributed by atoms with Crippen molar-refractivity contribution < 1.29 is 16.6 Å². The Balaban J connectivity index is 2.09. The van der Waals surface area contributed by atoms with Crippen molar-refractivity contribution in [2.45, 2.75) is 40.5 Å². The van der Waals surface area contributed by atoms with Gasteiger partial charge in [-0.3, -0.25) is 0 Å². The molecule has 2 aromatic rings. The summed E-state index contributed by atoms with van der Waals surface area (Å²) in [4.78, 5) is 0. The summed E-state index contributed by atoms with van der Waals surface area (Å²) < 4.78 is 6.56. The molecule has 0 fully saturated rings. The molecule has 0 bridgehead atoms. The van der Waals surface area contributed by atoms with Crippen LogP contribution in [-0.4, -0.2) is 0 Å². The van der Waals surface area contributed by atoms with E-state index in [1.165, 1.54) is 22.3 Å². The van der Waals surface area contributed by atoms with Gasteiger partial charge in [0.15, 0.2) is 0 Å². The molecular formula is C26H28Ti. The third-order valence-electron chi connectivity index (χ3n) is 6.21. The van der Waals surface area contributed by atoms with Crippen LogP contribution >= 0.6 is 0 Å². The van der Waals surface area contributed by atoms with Crippen LogP contribution in [0.2, 0.25) is 0 Å². The molecule has 27 heavy (non-hydrogen) atoms. The predicted molar refractivity (Wildman–Crippen MR) is 115 cm³/mol. The Morgan fingerprint density at radius 2 is 0.926 bits per heavy atom. The molecule has 2 aliphatic carbocycles. The summed E-state index contributed by atoms with van der Waals surface area (Å²) in [6, 6.07) is 18.9. The van der Waals surface area contributed by atoms with E-state index in [0.717, 1.165) is 12.8 Å². The van der Waals surface area contributed by atoms with E-state index < -0.39 is 16.6 Å². The number of hydrogen-bond donors (Lipinski definition) is 0. The Kier molecular flexibility index (Phi) is 4.97. The van der Waals surface area contributed by atoms with Crippen LogP contribution in [0.5, 0.6) is 0 Å². The average Bonchev–Trinajstić information content (AvgIpc) is 3.28. The molecule has 0 saturated heterocycles. The Bertz CT molecular complexity index is 896. The summed E-state index contributed by atoms with van der Waals surface area (Å²) in [5.41, 5.74) is 5.65. The SMILES string of the molecule is CC1=[C]([Ti]([C]2=C(C)C=CC2)([c]2ccc(C)cc2)[c]2ccc(C)cc2)CC=C1. The molecule has 0 nitrogen and oxygen atoms in total. The Morgan fingerprint density at radius 3 is 1.22 bits per heavy atom. The molecule has 0 N–H and O–H groups in total. The molecule has 0 aliphatic heterocycles. The number of rotatable bonds is 4. The van der Waals surface area contributed by atoms with Gasteiger partial charge < -0.3 is 0 Å². The van der Waals surface area contributed by atoms with Gasteiger partial charge in [-0.2, -0.15) is 0 Å². The van der Waals surface area contributed by atoms with Gasteiger partial charge in [0.2, 0.25) is 0 Å². The first-order chi connectivity index (χ1) is 13.0. The summed E-state index contributed by atoms with van der Waals surface area (Å²) in [5, 5.41) is 0. The molecule has 0 spiro atoms. The van der Waals surface area contributed by atoms with Gasteiger partial charge >= 0.3 is 168 Å². The molecular weight excluding hydrogens is 360 g/mol. The topological polar surface area (TPSA) is 0 Å². The van der Waals surface area contributed by atoms with Crippen molar-refractivity contribution in [2.24, 2.45) is 0 Å². The fraction of sp³-hybridized carbons (Fsp3) is 0.231. The molecule has 136 valence electrons. The molecule has 0 unspecified atom stereocenters. The van der Waals surface area contributed by atoms with Crippen LogP contribution < -0.4 is 7.74 Å². The maximum atomic E-state index is 2.42. The Hall–Kier alpha value is -1.89. The standard InChI is InChI=1S/2C7H7.2C6H7.Ti/c2*1-7-5-3-2-4-6-7;2*1-6-4-2-3-5-6;/h2*3-6H,1H3;2*2,4H,3H2,1H3;. The van der Waals surface area contributed by atoms with E-state index in [0.29, 0.717) is 0 Å². The summed E-state index contributed by atoms with van der Waals surface area (Å²) in [6.07, 6.45) is 11.6. The normalized spacial score (nSPS) is 16.7. The third kappa shape index (κ3) is 3.06. The van der Waals surface area contributed by atoms with Crippen molar-refractivity contribution >= 4 is 7.74 Å². The predicted octanol–water partition coefficient (Wildman–Crippen LogP) is 5.88. The zero-order valence-electron chi connectivity index (χ0n) is 16.8. The van der Waals surface area contributed by atoms with Crippen molar-refractivity contribution in [1.29, 1.82) is 0 Å². The number of aryl methyl sites for hydroxylation is 2. The van der Waals surface area contributed by atoms with Gasteiger partial charge in [-0.05, 0) is 0 Å². The van der Waals surface area contributed by atoms with Gasteiger partial charge in [0.1, 0.15) is 0 Å². The number of allylic oxidation sites excluding steroid dienone is 8. The summed E-state index contributed by atoms with van der Waals surface area (Å²) in [6.45, 7) is 9.01. The third-order valence-corrected chi connectivity index (χ3v) is 14.6. The molecule has 4 rings (SSSR count). The Labute approximate surface area is 167 Å². The van der Waals surface area contributed by atoms with Crippen LogP contribution in [-0.2, 0) is 16.6 Å². The second kappa shape index (κ2) is 7.26. The van der Waals surface area contributed by atoms with Crippen molar-refractivity contribution in [3.05, 3.63) is 103 Å². The van der Waals surface area contributed by atoms with Crippen molar-refractivity contribution in [3.63, 3.8) is 0 Å². The van der Waals surface area contributed by atoms with Gasteiger partial charge in [0.05, 0.1) is 0 Å². The summed E-state index contributed by atoms with van der Waals surface area (Å²) in [7, 11) is 0. The first-order valence-electron chi connectivity index (χ1n) is 9.91. The maximum absolute atomic E-state index is 2.93. The molecule has 0 radical (unpaired) electrons. The molecule has 2 aromatic carbocycles. The number of hydrogen-bond acceptors (Lipinski definition) is 0. The van der Waals surface area contributed by atoms with Crippen LogP contribution in [0.25, 0.3) is 0 Å². The molecule has 0 amide bonds. The molecule has 1 heteroatoms. The van der Waals surface area contributed by atoms with E-state index in [9.17, 15) is 0 Å². The van der Waals surface area contributed by atoms with E-state index in [-0.39, 0.29) is 0 Å². The van der Waals surface area contributed by atoms with Crippen molar-refractivity contribution in [1.82, 2.24) is 0 Å². The second-order valence-electron chi connectivity index (χ2n) is 8.02. The van der Waals surface area contributed by atoms with Gasteiger partial charge in [0, 0.05) is 0 Å². The zero-order chi connectivity index (χ0) is 19.0. The van der Waals surface area contributed by atoms with Crippen LogP contribution in [0.15, 0.2) is 91.7 Å². The van der Waals surface area contributed by atoms with E-state index in [1.54, 1.807) is 15.5 Å².